The van der Waals surface area contributed by atoms with Crippen molar-refractivity contribution in [3.8, 4) is 0 Å². The first-order valence-electron chi connectivity index (χ1n) is 9.16. The molecule has 5 N–H and O–H groups in total. The Morgan fingerprint density at radius 2 is 1.00 bits per heavy atom. The van der Waals surface area contributed by atoms with E-state index in [1.807, 2.05) is 0 Å². The summed E-state index contributed by atoms with van der Waals surface area (Å²) >= 11 is 0. The summed E-state index contributed by atoms with van der Waals surface area (Å²) in [5.74, 6) is -5.68. The second kappa shape index (κ2) is 16.0. The normalized spacial score (nSPS) is 10.6. The molecule has 0 saturated heterocycles. The summed E-state index contributed by atoms with van der Waals surface area (Å²) in [5, 5.41) is 42.2. The molecule has 0 radical (unpaired) electrons. The SMILES string of the molecule is CCCCCCCCCCCC(=O)O.O=C(O)CC(O)(CC(=O)O)C(=O)O. The molecule has 0 fully saturated rings. The molecule has 0 amide bonds. The average molecular weight is 392 g/mol. The van der Waals surface area contributed by atoms with Gasteiger partial charge in [-0.25, -0.2) is 4.79 Å². The quantitative estimate of drug-likeness (QED) is 0.263. The van der Waals surface area contributed by atoms with Gasteiger partial charge in [-0.3, -0.25) is 14.4 Å². The van der Waals surface area contributed by atoms with Crippen LogP contribution in [0, 0.1) is 0 Å². The van der Waals surface area contributed by atoms with Crippen LogP contribution in [0.1, 0.15) is 84.0 Å². The lowest BCUT2D eigenvalue weighted by atomic mass is 9.96. The van der Waals surface area contributed by atoms with Crippen molar-refractivity contribution in [3.63, 3.8) is 0 Å². The number of aliphatic carboxylic acids is 4. The van der Waals surface area contributed by atoms with Gasteiger partial charge in [-0.2, -0.15) is 0 Å². The zero-order chi connectivity index (χ0) is 21.3. The third-order valence-electron chi connectivity index (χ3n) is 3.78. The monoisotopic (exact) mass is 392 g/mol. The van der Waals surface area contributed by atoms with Crippen molar-refractivity contribution in [3.05, 3.63) is 0 Å². The third-order valence-corrected chi connectivity index (χ3v) is 3.78. The Labute approximate surface area is 159 Å². The number of unbranched alkanes of at least 4 members (excludes halogenated alkanes) is 8. The maximum absolute atomic E-state index is 10.3. The summed E-state index contributed by atoms with van der Waals surface area (Å²) < 4.78 is 0. The lowest BCUT2D eigenvalue weighted by Gasteiger charge is -2.18. The van der Waals surface area contributed by atoms with Gasteiger partial charge >= 0.3 is 23.9 Å². The molecule has 0 unspecified atom stereocenters. The van der Waals surface area contributed by atoms with Crippen LogP contribution in [-0.2, 0) is 19.2 Å². The van der Waals surface area contributed by atoms with Gasteiger partial charge in [0.15, 0.2) is 5.60 Å². The van der Waals surface area contributed by atoms with Crippen LogP contribution < -0.4 is 0 Å². The van der Waals surface area contributed by atoms with Gasteiger partial charge in [0.05, 0.1) is 12.8 Å². The summed E-state index contributed by atoms with van der Waals surface area (Å²) in [5.41, 5.74) is -2.74. The summed E-state index contributed by atoms with van der Waals surface area (Å²) in [7, 11) is 0. The zero-order valence-electron chi connectivity index (χ0n) is 15.9. The molecule has 0 aliphatic rings. The molecular formula is C18H32O9. The Morgan fingerprint density at radius 1 is 0.630 bits per heavy atom. The minimum absolute atomic E-state index is 0.343. The highest BCUT2D eigenvalue weighted by Gasteiger charge is 2.40. The van der Waals surface area contributed by atoms with Crippen molar-refractivity contribution < 1.29 is 44.7 Å². The molecule has 27 heavy (non-hydrogen) atoms. The summed E-state index contributed by atoms with van der Waals surface area (Å²) in [4.78, 5) is 40.7. The second-order valence-corrected chi connectivity index (χ2v) is 6.45. The predicted molar refractivity (Wildman–Crippen MR) is 96.6 cm³/mol. The van der Waals surface area contributed by atoms with Gasteiger partial charge < -0.3 is 25.5 Å². The molecule has 0 atom stereocenters. The van der Waals surface area contributed by atoms with Crippen molar-refractivity contribution in [2.24, 2.45) is 0 Å². The van der Waals surface area contributed by atoms with E-state index in [-0.39, 0.29) is 0 Å². The number of hydrogen-bond donors (Lipinski definition) is 5. The van der Waals surface area contributed by atoms with E-state index in [0.29, 0.717) is 6.42 Å². The van der Waals surface area contributed by atoms with Gasteiger partial charge in [0.2, 0.25) is 0 Å². The Bertz CT molecular complexity index is 444. The van der Waals surface area contributed by atoms with E-state index in [0.717, 1.165) is 12.8 Å². The minimum atomic E-state index is -2.74. The molecule has 158 valence electrons. The third kappa shape index (κ3) is 18.4. The topological polar surface area (TPSA) is 169 Å². The van der Waals surface area contributed by atoms with Crippen LogP contribution in [0.5, 0.6) is 0 Å². The lowest BCUT2D eigenvalue weighted by Crippen LogP contribution is -2.42. The van der Waals surface area contributed by atoms with Gasteiger partial charge in [0, 0.05) is 6.42 Å². The fraction of sp³-hybridized carbons (Fsp3) is 0.778. The molecule has 0 bridgehead atoms. The van der Waals surface area contributed by atoms with Gasteiger partial charge in [-0.15, -0.1) is 0 Å². The van der Waals surface area contributed by atoms with Crippen molar-refractivity contribution >= 4 is 23.9 Å². The predicted octanol–water partition coefficient (Wildman–Crippen LogP) is 2.74. The number of rotatable bonds is 15. The summed E-state index contributed by atoms with van der Waals surface area (Å²) in [6.45, 7) is 2.23. The largest absolute Gasteiger partial charge is 0.481 e. The number of hydrogen-bond acceptors (Lipinski definition) is 5. The smallest absolute Gasteiger partial charge is 0.336 e. The summed E-state index contributed by atoms with van der Waals surface area (Å²) in [6.07, 6.45) is 9.19. The van der Waals surface area contributed by atoms with E-state index in [1.54, 1.807) is 0 Å². The maximum atomic E-state index is 10.3. The van der Waals surface area contributed by atoms with E-state index >= 15 is 0 Å². The van der Waals surface area contributed by atoms with Crippen LogP contribution >= 0.6 is 0 Å². The van der Waals surface area contributed by atoms with Crippen LogP contribution in [0.3, 0.4) is 0 Å². The number of carboxylic acid groups (broad SMARTS) is 4. The lowest BCUT2D eigenvalue weighted by molar-refractivity contribution is -0.170. The highest BCUT2D eigenvalue weighted by atomic mass is 16.4. The molecule has 9 nitrogen and oxygen atoms in total. The van der Waals surface area contributed by atoms with Crippen molar-refractivity contribution in [1.82, 2.24) is 0 Å². The Kier molecular flexibility index (Phi) is 16.1. The Morgan fingerprint density at radius 3 is 1.30 bits per heavy atom. The molecule has 0 heterocycles. The molecule has 0 aromatic heterocycles. The van der Waals surface area contributed by atoms with E-state index in [1.165, 1.54) is 44.9 Å². The fourth-order valence-corrected chi connectivity index (χ4v) is 2.30. The first-order chi connectivity index (χ1) is 12.5. The average Bonchev–Trinajstić information content (AvgIpc) is 2.52. The molecule has 9 heteroatoms. The van der Waals surface area contributed by atoms with E-state index in [9.17, 15) is 19.2 Å². The van der Waals surface area contributed by atoms with Gasteiger partial charge in [-0.1, -0.05) is 58.3 Å². The van der Waals surface area contributed by atoms with Crippen LogP contribution in [-0.4, -0.2) is 55.0 Å². The molecule has 0 aliphatic carbocycles. The van der Waals surface area contributed by atoms with Crippen LogP contribution in [0.15, 0.2) is 0 Å². The van der Waals surface area contributed by atoms with Crippen molar-refractivity contribution in [2.75, 3.05) is 0 Å². The minimum Gasteiger partial charge on any atom is -0.481 e. The molecule has 0 aromatic carbocycles. The van der Waals surface area contributed by atoms with Gasteiger partial charge in [-0.05, 0) is 6.42 Å². The fourth-order valence-electron chi connectivity index (χ4n) is 2.30. The van der Waals surface area contributed by atoms with Crippen molar-refractivity contribution in [1.29, 1.82) is 0 Å². The van der Waals surface area contributed by atoms with Crippen LogP contribution in [0.2, 0.25) is 0 Å². The molecule has 0 spiro atoms. The van der Waals surface area contributed by atoms with E-state index in [4.69, 9.17) is 25.5 Å². The second-order valence-electron chi connectivity index (χ2n) is 6.45. The first-order valence-corrected chi connectivity index (χ1v) is 9.16. The van der Waals surface area contributed by atoms with Crippen molar-refractivity contribution in [2.45, 2.75) is 89.6 Å². The molecule has 0 aromatic rings. The highest BCUT2D eigenvalue weighted by molar-refractivity contribution is 5.88. The molecule has 0 aliphatic heterocycles. The maximum Gasteiger partial charge on any atom is 0.336 e. The standard InChI is InChI=1S/C12H24O2.C6H8O7/c1-2-3-4-5-6-7-8-9-10-11-12(13)14;7-3(8)1-6(13,5(11)12)2-4(9)10/h2-11H2,1H3,(H,13,14);13H,1-2H2,(H,7,8)(H,9,10)(H,11,12). The zero-order valence-corrected chi connectivity index (χ0v) is 15.9. The number of carbonyl (C=O) groups is 4. The van der Waals surface area contributed by atoms with Crippen LogP contribution in [0.4, 0.5) is 0 Å². The first kappa shape index (κ1) is 27.1. The van der Waals surface area contributed by atoms with Gasteiger partial charge in [0.1, 0.15) is 0 Å². The van der Waals surface area contributed by atoms with E-state index < -0.39 is 42.3 Å². The Hall–Kier alpha value is -2.16. The number of carboxylic acids is 4. The van der Waals surface area contributed by atoms with Crippen LogP contribution in [0.25, 0.3) is 0 Å². The number of aliphatic hydroxyl groups is 1. The molecular weight excluding hydrogens is 360 g/mol. The molecule has 0 rings (SSSR count). The van der Waals surface area contributed by atoms with Gasteiger partial charge in [0.25, 0.3) is 0 Å². The highest BCUT2D eigenvalue weighted by Crippen LogP contribution is 2.15. The molecule has 0 saturated carbocycles. The van der Waals surface area contributed by atoms with E-state index in [2.05, 4.69) is 6.92 Å². The summed E-state index contributed by atoms with van der Waals surface area (Å²) in [6, 6.07) is 0. The Balaban J connectivity index is 0.